The Bertz CT molecular complexity index is 2040. The van der Waals surface area contributed by atoms with Crippen molar-refractivity contribution in [2.75, 3.05) is 27.9 Å². The number of ether oxygens (including phenoxy) is 6. The summed E-state index contributed by atoms with van der Waals surface area (Å²) in [5.41, 5.74) is 1.57. The minimum atomic E-state index is -2.42. The number of amides is 1. The molecular formula is C51H75N5O12. The minimum absolute atomic E-state index is 0.0128. The summed E-state index contributed by atoms with van der Waals surface area (Å²) in [6, 6.07) is -1.16. The second kappa shape index (κ2) is 24.0. The highest BCUT2D eigenvalue weighted by molar-refractivity contribution is 6.39. The van der Waals surface area contributed by atoms with Gasteiger partial charge in [-0.2, -0.15) is 0 Å². The van der Waals surface area contributed by atoms with Gasteiger partial charge in [-0.1, -0.05) is 64.2 Å². The zero-order chi connectivity index (χ0) is 49.3. The Morgan fingerprint density at radius 1 is 0.897 bits per heavy atom. The molecule has 1 aromatic rings. The van der Waals surface area contributed by atoms with Crippen molar-refractivity contribution < 1.29 is 57.5 Å². The molecule has 0 aromatic carbocycles. The SMILES string of the molecule is COC1CC(CC(C)[C@@H]2CC(=O)[C@H](C)/C=C(\C)[C@H]3OC(CC(C)/C=C/C=C/C=C(\C)[C@@H](OC)C[C@@H]4CCC(C)C(O)(O4)C(=O)C(=O)N4CCCCC4C(=O)O2)C(=O)C3OC)CCC1n1cnnn1. The van der Waals surface area contributed by atoms with E-state index < -0.39 is 77.9 Å². The molecular weight excluding hydrogens is 875 g/mol. The van der Waals surface area contributed by atoms with Crippen molar-refractivity contribution in [3.63, 3.8) is 0 Å². The summed E-state index contributed by atoms with van der Waals surface area (Å²) < 4.78 is 38.1. The number of aliphatic hydroxyl groups is 1. The molecule has 10 unspecified atom stereocenters. The lowest BCUT2D eigenvalue weighted by atomic mass is 9.77. The quantitative estimate of drug-likeness (QED) is 0.194. The van der Waals surface area contributed by atoms with Crippen molar-refractivity contribution in [1.82, 2.24) is 25.1 Å². The van der Waals surface area contributed by atoms with Crippen LogP contribution in [0, 0.1) is 29.6 Å². The minimum Gasteiger partial charge on any atom is -0.460 e. The molecule has 1 N–H and O–H groups in total. The van der Waals surface area contributed by atoms with Gasteiger partial charge in [0.15, 0.2) is 5.78 Å². The van der Waals surface area contributed by atoms with E-state index in [4.69, 9.17) is 28.4 Å². The number of carbonyl (C=O) groups is 5. The number of rotatable bonds is 7. The summed E-state index contributed by atoms with van der Waals surface area (Å²) in [5.74, 6) is -7.08. The summed E-state index contributed by atoms with van der Waals surface area (Å²) in [5, 5.41) is 23.7. The number of tetrazole rings is 1. The van der Waals surface area contributed by atoms with Crippen LogP contribution in [0.1, 0.15) is 125 Å². The molecule has 15 atom stereocenters. The van der Waals surface area contributed by atoms with Crippen molar-refractivity contribution in [2.45, 2.75) is 179 Å². The zero-order valence-electron chi connectivity index (χ0n) is 41.5. The van der Waals surface area contributed by atoms with E-state index in [1.54, 1.807) is 45.2 Å². The Labute approximate surface area is 401 Å². The van der Waals surface area contributed by atoms with Crippen LogP contribution >= 0.6 is 0 Å². The van der Waals surface area contributed by atoms with E-state index in [0.29, 0.717) is 56.9 Å². The van der Waals surface area contributed by atoms with Gasteiger partial charge in [0.05, 0.1) is 24.4 Å². The van der Waals surface area contributed by atoms with E-state index in [-0.39, 0.29) is 60.9 Å². The fourth-order valence-electron chi connectivity index (χ4n) is 10.9. The number of carbonyl (C=O) groups excluding carboxylic acids is 5. The maximum Gasteiger partial charge on any atom is 0.329 e. The van der Waals surface area contributed by atoms with Crippen LogP contribution in [0.2, 0.25) is 0 Å². The number of esters is 1. The molecule has 17 nitrogen and oxygen atoms in total. The molecule has 0 radical (unpaired) electrons. The largest absolute Gasteiger partial charge is 0.460 e. The molecule has 4 fully saturated rings. The smallest absolute Gasteiger partial charge is 0.329 e. The zero-order valence-corrected chi connectivity index (χ0v) is 41.5. The van der Waals surface area contributed by atoms with Crippen LogP contribution in [0.3, 0.4) is 0 Å². The van der Waals surface area contributed by atoms with Crippen LogP contribution in [-0.4, -0.2) is 142 Å². The molecule has 6 rings (SSSR count). The van der Waals surface area contributed by atoms with Crippen molar-refractivity contribution in [3.8, 4) is 0 Å². The molecule has 68 heavy (non-hydrogen) atoms. The number of hydrogen-bond donors (Lipinski definition) is 1. The number of fused-ring (bicyclic) bond motifs is 5. The fraction of sp³-hybridized carbons (Fsp3) is 0.725. The third kappa shape index (κ3) is 12.5. The number of cyclic esters (lactones) is 1. The average molecular weight is 950 g/mol. The van der Waals surface area contributed by atoms with Crippen molar-refractivity contribution in [1.29, 1.82) is 0 Å². The van der Waals surface area contributed by atoms with Crippen LogP contribution in [0.4, 0.5) is 0 Å². The highest BCUT2D eigenvalue weighted by Crippen LogP contribution is 2.40. The Hall–Kier alpha value is -4.26. The van der Waals surface area contributed by atoms with Gasteiger partial charge in [0.1, 0.15) is 42.6 Å². The maximum atomic E-state index is 14.5. The molecule has 376 valence electrons. The lowest BCUT2D eigenvalue weighted by molar-refractivity contribution is -0.265. The predicted octanol–water partition coefficient (Wildman–Crippen LogP) is 5.82. The fourth-order valence-corrected chi connectivity index (χ4v) is 10.9. The standard InChI is InChI=1S/C51H75N5O12/c1-30-15-11-10-12-16-31(2)41(63-7)27-37-20-18-35(6)51(62,68-37)48(59)49(60)55-22-14-13-17-39(55)50(61)67-42(33(4)25-36-19-21-38(43(26-36)64-8)56-29-52-53-54-56)28-40(57)32(3)24-34(5)46-47(65-9)45(58)44(23-30)66-46/h10-12,15-16,24,29-30,32-33,35-39,41-44,46-47,62H,13-14,17-23,25-28H2,1-9H3/b12-10+,15-11+,31-16+,34-24+/t30?,32-,33?,35?,36?,37+,38?,39?,41+,42+,43?,44?,46-,47?,51?/m1/s1. The molecule has 5 heterocycles. The Kier molecular flexibility index (Phi) is 18.8. The second-order valence-electron chi connectivity index (χ2n) is 20.1. The number of hydrogen-bond acceptors (Lipinski definition) is 15. The number of aromatic nitrogens is 4. The van der Waals surface area contributed by atoms with Crippen LogP contribution in [0.5, 0.6) is 0 Å². The Morgan fingerprint density at radius 2 is 1.68 bits per heavy atom. The topological polar surface area (TPSA) is 208 Å². The van der Waals surface area contributed by atoms with Gasteiger partial charge >= 0.3 is 5.97 Å². The van der Waals surface area contributed by atoms with Gasteiger partial charge in [-0.05, 0) is 117 Å². The molecule has 4 aliphatic heterocycles. The molecule has 0 spiro atoms. The highest BCUT2D eigenvalue weighted by Gasteiger charge is 2.53. The second-order valence-corrected chi connectivity index (χ2v) is 20.1. The van der Waals surface area contributed by atoms with Gasteiger partial charge in [0.25, 0.3) is 11.7 Å². The van der Waals surface area contributed by atoms with E-state index >= 15 is 0 Å². The maximum absolute atomic E-state index is 14.5. The van der Waals surface area contributed by atoms with Gasteiger partial charge in [-0.3, -0.25) is 19.2 Å². The molecule has 17 heteroatoms. The summed E-state index contributed by atoms with van der Waals surface area (Å²) in [6.07, 6.45) is 14.6. The number of allylic oxidation sites excluding steroid dienone is 6. The molecule has 1 amide bonds. The number of nitrogens with zero attached hydrogens (tertiary/aromatic N) is 5. The molecule has 4 bridgehead atoms. The summed E-state index contributed by atoms with van der Waals surface area (Å²) in [6.45, 7) is 11.3. The van der Waals surface area contributed by atoms with E-state index in [9.17, 15) is 29.1 Å². The first-order valence-electron chi connectivity index (χ1n) is 24.7. The number of Topliss-reactive ketones (excluding diaryl/α,β-unsaturated/α-hetero) is 3. The number of piperidine rings is 1. The van der Waals surface area contributed by atoms with Crippen LogP contribution in [0.15, 0.2) is 53.9 Å². The Morgan fingerprint density at radius 3 is 2.38 bits per heavy atom. The van der Waals surface area contributed by atoms with E-state index in [1.165, 1.54) is 12.0 Å². The lowest BCUT2D eigenvalue weighted by Gasteiger charge is -2.42. The van der Waals surface area contributed by atoms with Crippen molar-refractivity contribution in [2.24, 2.45) is 29.6 Å². The Balaban J connectivity index is 1.30. The molecule has 5 aliphatic rings. The summed E-state index contributed by atoms with van der Waals surface area (Å²) in [4.78, 5) is 72.3. The van der Waals surface area contributed by atoms with Crippen LogP contribution < -0.4 is 0 Å². The lowest BCUT2D eigenvalue weighted by Crippen LogP contribution is -2.61. The van der Waals surface area contributed by atoms with Gasteiger partial charge in [-0.25, -0.2) is 9.48 Å². The molecule has 1 saturated carbocycles. The van der Waals surface area contributed by atoms with Crippen LogP contribution in [0.25, 0.3) is 0 Å². The monoisotopic (exact) mass is 950 g/mol. The van der Waals surface area contributed by atoms with E-state index in [2.05, 4.69) is 15.5 Å². The van der Waals surface area contributed by atoms with E-state index in [0.717, 1.165) is 18.4 Å². The van der Waals surface area contributed by atoms with Crippen LogP contribution in [-0.2, 0) is 52.4 Å². The first-order valence-corrected chi connectivity index (χ1v) is 24.7. The molecule has 1 aliphatic carbocycles. The van der Waals surface area contributed by atoms with E-state index in [1.807, 2.05) is 58.1 Å². The number of ketones is 3. The average Bonchev–Trinajstić information content (AvgIpc) is 3.98. The summed E-state index contributed by atoms with van der Waals surface area (Å²) in [7, 11) is 4.74. The summed E-state index contributed by atoms with van der Waals surface area (Å²) >= 11 is 0. The normalized spacial score (nSPS) is 39.6. The number of methoxy groups -OCH3 is 3. The predicted molar refractivity (Wildman–Crippen MR) is 249 cm³/mol. The third-order valence-electron chi connectivity index (χ3n) is 15.2. The van der Waals surface area contributed by atoms with Gasteiger partial charge in [0, 0.05) is 52.6 Å². The first-order chi connectivity index (χ1) is 32.5. The molecule has 1 aromatic heterocycles. The van der Waals surface area contributed by atoms with Gasteiger partial charge in [0.2, 0.25) is 5.79 Å². The van der Waals surface area contributed by atoms with Gasteiger partial charge in [-0.15, -0.1) is 5.10 Å². The highest BCUT2D eigenvalue weighted by atomic mass is 16.6. The molecule has 3 saturated heterocycles. The first kappa shape index (κ1) is 53.1. The van der Waals surface area contributed by atoms with Gasteiger partial charge < -0.3 is 38.4 Å². The van der Waals surface area contributed by atoms with Crippen molar-refractivity contribution in [3.05, 3.63) is 53.9 Å². The van der Waals surface area contributed by atoms with Crippen molar-refractivity contribution >= 4 is 29.2 Å². The third-order valence-corrected chi connectivity index (χ3v) is 15.2.